The molecule has 2 rings (SSSR count). The summed E-state index contributed by atoms with van der Waals surface area (Å²) < 4.78 is 11.5. The number of hydrogen-bond acceptors (Lipinski definition) is 4. The third-order valence-corrected chi connectivity index (χ3v) is 2.96. The van der Waals surface area contributed by atoms with Crippen LogP contribution in [-0.4, -0.2) is 28.3 Å². The van der Waals surface area contributed by atoms with Crippen molar-refractivity contribution in [3.8, 4) is 22.8 Å². The van der Waals surface area contributed by atoms with Gasteiger partial charge >= 0.3 is 0 Å². The Kier molecular flexibility index (Phi) is 5.63. The molecule has 0 saturated carbocycles. The number of benzene rings is 1. The molecule has 1 aromatic carbocycles. The van der Waals surface area contributed by atoms with Crippen LogP contribution in [0.4, 0.5) is 0 Å². The maximum atomic E-state index is 9.07. The summed E-state index contributed by atoms with van der Waals surface area (Å²) in [6, 6.07) is 5.81. The van der Waals surface area contributed by atoms with Gasteiger partial charge in [0, 0.05) is 5.56 Å². The number of nitrogens with zero attached hydrogens (tertiary/aromatic N) is 1. The third kappa shape index (κ3) is 3.98. The molecule has 5 heteroatoms. The molecule has 0 bridgehead atoms. The minimum absolute atomic E-state index is 0.100. The normalized spacial score (nSPS) is 10.6. The number of aliphatic hydroxyl groups is 1. The second kappa shape index (κ2) is 7.69. The van der Waals surface area contributed by atoms with Crippen LogP contribution in [0.3, 0.4) is 0 Å². The fraction of sp³-hybridized carbons (Fsp3) is 0.438. The van der Waals surface area contributed by atoms with Crippen LogP contribution in [0, 0.1) is 0 Å². The average molecular weight is 290 g/mol. The molecule has 0 aliphatic rings. The molecule has 5 nitrogen and oxygen atoms in total. The molecule has 0 fully saturated rings. The molecular formula is C16H22N2O3. The van der Waals surface area contributed by atoms with Crippen LogP contribution >= 0.6 is 0 Å². The van der Waals surface area contributed by atoms with Crippen LogP contribution in [0.5, 0.6) is 11.5 Å². The van der Waals surface area contributed by atoms with E-state index < -0.39 is 0 Å². The van der Waals surface area contributed by atoms with Crippen LogP contribution < -0.4 is 9.47 Å². The molecule has 21 heavy (non-hydrogen) atoms. The number of aromatic nitrogens is 2. The summed E-state index contributed by atoms with van der Waals surface area (Å²) >= 11 is 0. The largest absolute Gasteiger partial charge is 0.490 e. The maximum Gasteiger partial charge on any atom is 0.161 e. The molecule has 1 heterocycles. The standard InChI is InChI=1S/C16H22N2O3/c1-3-7-20-14-6-5-12(9-15(14)21-8-4-2)13-10-17-16(11-19)18-13/h5-6,9-10,19H,3-4,7-8,11H2,1-2H3,(H,17,18). The van der Waals surface area contributed by atoms with E-state index in [1.807, 2.05) is 18.2 Å². The predicted molar refractivity (Wildman–Crippen MR) is 81.5 cm³/mol. The highest BCUT2D eigenvalue weighted by atomic mass is 16.5. The Bertz CT molecular complexity index is 566. The summed E-state index contributed by atoms with van der Waals surface area (Å²) in [5, 5.41) is 9.07. The van der Waals surface area contributed by atoms with Crippen LogP contribution in [0.15, 0.2) is 24.4 Å². The van der Waals surface area contributed by atoms with Gasteiger partial charge in [0.05, 0.1) is 25.1 Å². The van der Waals surface area contributed by atoms with E-state index in [0.717, 1.165) is 35.6 Å². The van der Waals surface area contributed by atoms with Crippen molar-refractivity contribution in [2.75, 3.05) is 13.2 Å². The summed E-state index contributed by atoms with van der Waals surface area (Å²) in [4.78, 5) is 7.16. The van der Waals surface area contributed by atoms with E-state index in [9.17, 15) is 0 Å². The lowest BCUT2D eigenvalue weighted by Crippen LogP contribution is -2.01. The van der Waals surface area contributed by atoms with Crippen LogP contribution in [0.25, 0.3) is 11.3 Å². The Balaban J connectivity index is 2.26. The fourth-order valence-electron chi connectivity index (χ4n) is 1.92. The number of rotatable bonds is 8. The first kappa shape index (κ1) is 15.4. The number of H-pyrrole nitrogens is 1. The van der Waals surface area contributed by atoms with E-state index >= 15 is 0 Å². The van der Waals surface area contributed by atoms with Crippen molar-refractivity contribution in [2.45, 2.75) is 33.3 Å². The number of imidazole rings is 1. The van der Waals surface area contributed by atoms with Crippen molar-refractivity contribution >= 4 is 0 Å². The van der Waals surface area contributed by atoms with Gasteiger partial charge in [-0.3, -0.25) is 0 Å². The monoisotopic (exact) mass is 290 g/mol. The molecule has 0 spiro atoms. The van der Waals surface area contributed by atoms with Gasteiger partial charge < -0.3 is 19.6 Å². The van der Waals surface area contributed by atoms with E-state index in [1.165, 1.54) is 0 Å². The van der Waals surface area contributed by atoms with Crippen LogP contribution in [0.2, 0.25) is 0 Å². The molecule has 114 valence electrons. The molecule has 0 aliphatic heterocycles. The number of nitrogens with one attached hydrogen (secondary N) is 1. The molecule has 0 atom stereocenters. The van der Waals surface area contributed by atoms with Crippen molar-refractivity contribution in [2.24, 2.45) is 0 Å². The van der Waals surface area contributed by atoms with Gasteiger partial charge in [0.2, 0.25) is 0 Å². The number of hydrogen-bond donors (Lipinski definition) is 2. The average Bonchev–Trinajstić information content (AvgIpc) is 3.00. The first-order chi connectivity index (χ1) is 10.3. The molecule has 0 unspecified atom stereocenters. The molecular weight excluding hydrogens is 268 g/mol. The number of aliphatic hydroxyl groups excluding tert-OH is 1. The molecule has 0 aliphatic carbocycles. The smallest absolute Gasteiger partial charge is 0.161 e. The number of ether oxygens (including phenoxy) is 2. The summed E-state index contributed by atoms with van der Waals surface area (Å²) in [6.45, 7) is 5.36. The van der Waals surface area contributed by atoms with Crippen molar-refractivity contribution in [1.29, 1.82) is 0 Å². The van der Waals surface area contributed by atoms with E-state index in [4.69, 9.17) is 14.6 Å². The first-order valence-electron chi connectivity index (χ1n) is 7.33. The molecule has 2 aromatic rings. The van der Waals surface area contributed by atoms with Crippen molar-refractivity contribution in [3.05, 3.63) is 30.2 Å². The van der Waals surface area contributed by atoms with Crippen LogP contribution in [0.1, 0.15) is 32.5 Å². The van der Waals surface area contributed by atoms with Gasteiger partial charge in [0.1, 0.15) is 12.4 Å². The lowest BCUT2D eigenvalue weighted by Gasteiger charge is -2.13. The lowest BCUT2D eigenvalue weighted by atomic mass is 10.1. The highest BCUT2D eigenvalue weighted by molar-refractivity contribution is 5.63. The van der Waals surface area contributed by atoms with Gasteiger partial charge in [-0.05, 0) is 31.0 Å². The summed E-state index contributed by atoms with van der Waals surface area (Å²) in [6.07, 6.45) is 3.60. The Morgan fingerprint density at radius 3 is 2.43 bits per heavy atom. The fourth-order valence-corrected chi connectivity index (χ4v) is 1.92. The van der Waals surface area contributed by atoms with Gasteiger partial charge in [-0.1, -0.05) is 13.8 Å². The summed E-state index contributed by atoms with van der Waals surface area (Å²) in [5.41, 5.74) is 1.81. The topological polar surface area (TPSA) is 67.4 Å². The minimum Gasteiger partial charge on any atom is -0.490 e. The van der Waals surface area contributed by atoms with E-state index in [0.29, 0.717) is 19.0 Å². The zero-order valence-corrected chi connectivity index (χ0v) is 12.6. The predicted octanol–water partition coefficient (Wildman–Crippen LogP) is 3.15. The van der Waals surface area contributed by atoms with Gasteiger partial charge in [-0.25, -0.2) is 4.98 Å². The Morgan fingerprint density at radius 2 is 1.81 bits per heavy atom. The van der Waals surface area contributed by atoms with Gasteiger partial charge in [-0.2, -0.15) is 0 Å². The van der Waals surface area contributed by atoms with E-state index in [-0.39, 0.29) is 6.61 Å². The highest BCUT2D eigenvalue weighted by Crippen LogP contribution is 2.32. The highest BCUT2D eigenvalue weighted by Gasteiger charge is 2.09. The molecule has 1 aromatic heterocycles. The zero-order chi connectivity index (χ0) is 15.1. The van der Waals surface area contributed by atoms with Crippen molar-refractivity contribution in [3.63, 3.8) is 0 Å². The van der Waals surface area contributed by atoms with Crippen molar-refractivity contribution in [1.82, 2.24) is 9.97 Å². The first-order valence-corrected chi connectivity index (χ1v) is 7.33. The molecule has 2 N–H and O–H groups in total. The SMILES string of the molecule is CCCOc1ccc(-c2cnc(CO)[nH]2)cc1OCCC. The lowest BCUT2D eigenvalue weighted by molar-refractivity contribution is 0.268. The van der Waals surface area contributed by atoms with Crippen molar-refractivity contribution < 1.29 is 14.6 Å². The zero-order valence-electron chi connectivity index (χ0n) is 12.6. The van der Waals surface area contributed by atoms with Crippen LogP contribution in [-0.2, 0) is 6.61 Å². The molecule has 0 radical (unpaired) electrons. The maximum absolute atomic E-state index is 9.07. The van der Waals surface area contributed by atoms with Gasteiger partial charge in [0.15, 0.2) is 11.5 Å². The third-order valence-electron chi connectivity index (χ3n) is 2.96. The molecule has 0 saturated heterocycles. The Morgan fingerprint density at radius 1 is 1.10 bits per heavy atom. The molecule has 0 amide bonds. The second-order valence-electron chi connectivity index (χ2n) is 4.76. The van der Waals surface area contributed by atoms with E-state index in [2.05, 4.69) is 23.8 Å². The van der Waals surface area contributed by atoms with Gasteiger partial charge in [-0.15, -0.1) is 0 Å². The quantitative estimate of drug-likeness (QED) is 0.783. The minimum atomic E-state index is -0.100. The number of aromatic amines is 1. The summed E-state index contributed by atoms with van der Waals surface area (Å²) in [7, 11) is 0. The second-order valence-corrected chi connectivity index (χ2v) is 4.76. The Hall–Kier alpha value is -2.01. The van der Waals surface area contributed by atoms with Gasteiger partial charge in [0.25, 0.3) is 0 Å². The van der Waals surface area contributed by atoms with E-state index in [1.54, 1.807) is 6.20 Å². The summed E-state index contributed by atoms with van der Waals surface area (Å²) in [5.74, 6) is 2.05. The Labute approximate surface area is 124 Å².